The molecule has 1 aromatic rings. The monoisotopic (exact) mass is 236 g/mol. The molecule has 2 unspecified atom stereocenters. The number of hydrogen-bond acceptors (Lipinski definition) is 3. The van der Waals surface area contributed by atoms with Crippen molar-refractivity contribution < 1.29 is 4.79 Å². The number of carbonyl (C=O) groups excluding carboxylic acids is 1. The van der Waals surface area contributed by atoms with Crippen molar-refractivity contribution in [2.75, 3.05) is 6.54 Å². The Morgan fingerprint density at radius 3 is 2.88 bits per heavy atom. The van der Waals surface area contributed by atoms with E-state index in [1.54, 1.807) is 6.20 Å². The van der Waals surface area contributed by atoms with Gasteiger partial charge in [-0.2, -0.15) is 5.10 Å². The first-order chi connectivity index (χ1) is 8.19. The van der Waals surface area contributed by atoms with Crippen LogP contribution < -0.4 is 5.73 Å². The van der Waals surface area contributed by atoms with Crippen molar-refractivity contribution in [3.8, 4) is 0 Å². The summed E-state index contributed by atoms with van der Waals surface area (Å²) in [6.45, 7) is 5.54. The summed E-state index contributed by atoms with van der Waals surface area (Å²) in [5.74, 6) is 0.197. The highest BCUT2D eigenvalue weighted by atomic mass is 16.2. The number of nitrogens with two attached hydrogens (primary N) is 1. The minimum atomic E-state index is -0.0244. The smallest absolute Gasteiger partial charge is 0.223 e. The zero-order chi connectivity index (χ0) is 12.4. The Bertz CT molecular complexity index is 401. The van der Waals surface area contributed by atoms with Crippen molar-refractivity contribution in [2.24, 2.45) is 5.73 Å². The number of rotatable bonds is 3. The zero-order valence-electron chi connectivity index (χ0n) is 10.5. The van der Waals surface area contributed by atoms with Crippen LogP contribution in [0.4, 0.5) is 0 Å². The summed E-state index contributed by atoms with van der Waals surface area (Å²) < 4.78 is 1.92. The van der Waals surface area contributed by atoms with E-state index in [0.717, 1.165) is 18.7 Å². The van der Waals surface area contributed by atoms with Crippen LogP contribution in [0.15, 0.2) is 12.3 Å². The summed E-state index contributed by atoms with van der Waals surface area (Å²) in [6, 6.07) is 1.95. The molecule has 0 aliphatic carbocycles. The van der Waals surface area contributed by atoms with Crippen molar-refractivity contribution in [1.82, 2.24) is 14.7 Å². The lowest BCUT2D eigenvalue weighted by Crippen LogP contribution is -2.49. The van der Waals surface area contributed by atoms with E-state index >= 15 is 0 Å². The molecular weight excluding hydrogens is 216 g/mol. The molecule has 0 saturated carbocycles. The second kappa shape index (κ2) is 4.87. The summed E-state index contributed by atoms with van der Waals surface area (Å²) in [5.41, 5.74) is 7.24. The minimum Gasteiger partial charge on any atom is -0.333 e. The van der Waals surface area contributed by atoms with Gasteiger partial charge in [-0.25, -0.2) is 0 Å². The Hall–Kier alpha value is -1.36. The molecule has 2 heterocycles. The fraction of sp³-hybridized carbons (Fsp3) is 0.667. The minimum absolute atomic E-state index is 0.00894. The van der Waals surface area contributed by atoms with Gasteiger partial charge in [0, 0.05) is 31.7 Å². The SMILES string of the molecule is CCN1C(=O)CCC(N)C1c1ccnn1CC. The van der Waals surface area contributed by atoms with Crippen LogP contribution in [0.25, 0.3) is 0 Å². The Labute approximate surface area is 102 Å². The van der Waals surface area contributed by atoms with Gasteiger partial charge >= 0.3 is 0 Å². The number of amides is 1. The molecule has 5 heteroatoms. The molecule has 17 heavy (non-hydrogen) atoms. The topological polar surface area (TPSA) is 64.2 Å². The molecule has 0 aromatic carbocycles. The number of likely N-dealkylation sites (N-methyl/N-ethyl adjacent to an activating group) is 1. The second-order valence-corrected chi connectivity index (χ2v) is 4.40. The molecule has 5 nitrogen and oxygen atoms in total. The standard InChI is InChI=1S/C12H20N4O/c1-3-15-11(17)6-5-9(13)12(15)10-7-8-14-16(10)4-2/h7-9,12H,3-6,13H2,1-2H3. The predicted octanol–water partition coefficient (Wildman–Crippen LogP) is 0.914. The number of likely N-dealkylation sites (tertiary alicyclic amines) is 1. The normalized spacial score (nSPS) is 25.4. The highest BCUT2D eigenvalue weighted by molar-refractivity contribution is 5.77. The Morgan fingerprint density at radius 2 is 2.24 bits per heavy atom. The highest BCUT2D eigenvalue weighted by Crippen LogP contribution is 2.30. The van der Waals surface area contributed by atoms with Gasteiger partial charge < -0.3 is 10.6 Å². The molecule has 1 aliphatic heterocycles. The van der Waals surface area contributed by atoms with E-state index in [1.807, 2.05) is 29.5 Å². The largest absolute Gasteiger partial charge is 0.333 e. The summed E-state index contributed by atoms with van der Waals surface area (Å²) in [5, 5.41) is 4.26. The van der Waals surface area contributed by atoms with Crippen molar-refractivity contribution in [3.05, 3.63) is 18.0 Å². The van der Waals surface area contributed by atoms with Crippen LogP contribution in [-0.2, 0) is 11.3 Å². The second-order valence-electron chi connectivity index (χ2n) is 4.40. The lowest BCUT2D eigenvalue weighted by Gasteiger charge is -2.39. The lowest BCUT2D eigenvalue weighted by atomic mass is 9.94. The van der Waals surface area contributed by atoms with Crippen LogP contribution in [0.5, 0.6) is 0 Å². The third kappa shape index (κ3) is 2.07. The van der Waals surface area contributed by atoms with Gasteiger partial charge in [-0.15, -0.1) is 0 Å². The molecule has 1 amide bonds. The van der Waals surface area contributed by atoms with Gasteiger partial charge in [-0.05, 0) is 26.3 Å². The molecule has 2 rings (SSSR count). The van der Waals surface area contributed by atoms with Crippen LogP contribution in [0, 0.1) is 0 Å². The summed E-state index contributed by atoms with van der Waals surface area (Å²) >= 11 is 0. The number of piperidine rings is 1. The van der Waals surface area contributed by atoms with Crippen LogP contribution in [-0.4, -0.2) is 33.2 Å². The highest BCUT2D eigenvalue weighted by Gasteiger charge is 2.35. The zero-order valence-corrected chi connectivity index (χ0v) is 10.5. The predicted molar refractivity (Wildman–Crippen MR) is 65.2 cm³/mol. The molecule has 94 valence electrons. The van der Waals surface area contributed by atoms with Gasteiger partial charge in [0.1, 0.15) is 0 Å². The average molecular weight is 236 g/mol. The third-order valence-electron chi connectivity index (χ3n) is 3.45. The van der Waals surface area contributed by atoms with E-state index in [9.17, 15) is 4.79 Å². The maximum atomic E-state index is 11.9. The van der Waals surface area contributed by atoms with Crippen molar-refractivity contribution in [2.45, 2.75) is 45.3 Å². The Kier molecular flexibility index (Phi) is 3.47. The fourth-order valence-electron chi connectivity index (χ4n) is 2.59. The summed E-state index contributed by atoms with van der Waals surface area (Å²) in [7, 11) is 0. The molecule has 0 radical (unpaired) electrons. The number of aryl methyl sites for hydroxylation is 1. The first-order valence-corrected chi connectivity index (χ1v) is 6.25. The average Bonchev–Trinajstić information content (AvgIpc) is 2.79. The van der Waals surface area contributed by atoms with E-state index in [2.05, 4.69) is 5.10 Å². The number of aromatic nitrogens is 2. The van der Waals surface area contributed by atoms with Crippen molar-refractivity contribution >= 4 is 5.91 Å². The first kappa shape index (κ1) is 12.1. The van der Waals surface area contributed by atoms with Gasteiger partial charge in [-0.3, -0.25) is 9.48 Å². The van der Waals surface area contributed by atoms with Crippen LogP contribution in [0.2, 0.25) is 0 Å². The molecule has 1 saturated heterocycles. The molecule has 2 N–H and O–H groups in total. The fourth-order valence-corrected chi connectivity index (χ4v) is 2.59. The van der Waals surface area contributed by atoms with E-state index in [-0.39, 0.29) is 18.0 Å². The van der Waals surface area contributed by atoms with Crippen LogP contribution in [0.3, 0.4) is 0 Å². The van der Waals surface area contributed by atoms with E-state index < -0.39 is 0 Å². The van der Waals surface area contributed by atoms with E-state index in [0.29, 0.717) is 13.0 Å². The lowest BCUT2D eigenvalue weighted by molar-refractivity contribution is -0.137. The van der Waals surface area contributed by atoms with Crippen molar-refractivity contribution in [3.63, 3.8) is 0 Å². The van der Waals surface area contributed by atoms with Gasteiger partial charge in [0.15, 0.2) is 0 Å². The Balaban J connectivity index is 2.35. The van der Waals surface area contributed by atoms with E-state index in [4.69, 9.17) is 5.73 Å². The number of hydrogen-bond donors (Lipinski definition) is 1. The maximum absolute atomic E-state index is 11.9. The van der Waals surface area contributed by atoms with Crippen LogP contribution in [0.1, 0.15) is 38.4 Å². The van der Waals surface area contributed by atoms with Gasteiger partial charge in [0.25, 0.3) is 0 Å². The maximum Gasteiger partial charge on any atom is 0.223 e. The van der Waals surface area contributed by atoms with E-state index in [1.165, 1.54) is 0 Å². The first-order valence-electron chi connectivity index (χ1n) is 6.25. The number of nitrogens with zero attached hydrogens (tertiary/aromatic N) is 3. The number of carbonyl (C=O) groups is 1. The molecule has 2 atom stereocenters. The van der Waals surface area contributed by atoms with Crippen molar-refractivity contribution in [1.29, 1.82) is 0 Å². The van der Waals surface area contributed by atoms with Gasteiger partial charge in [-0.1, -0.05) is 0 Å². The molecule has 1 aliphatic rings. The third-order valence-corrected chi connectivity index (χ3v) is 3.45. The van der Waals surface area contributed by atoms with Crippen LogP contribution >= 0.6 is 0 Å². The molecule has 1 aromatic heterocycles. The summed E-state index contributed by atoms with van der Waals surface area (Å²) in [4.78, 5) is 13.8. The molecule has 0 bridgehead atoms. The molecular formula is C12H20N4O. The van der Waals surface area contributed by atoms with Gasteiger partial charge in [0.2, 0.25) is 5.91 Å². The molecule has 0 spiro atoms. The Morgan fingerprint density at radius 1 is 1.47 bits per heavy atom. The molecule has 1 fully saturated rings. The van der Waals surface area contributed by atoms with Gasteiger partial charge in [0.05, 0.1) is 11.7 Å². The quantitative estimate of drug-likeness (QED) is 0.848. The summed E-state index contributed by atoms with van der Waals surface area (Å²) in [6.07, 6.45) is 3.10.